The van der Waals surface area contributed by atoms with Gasteiger partial charge in [-0.25, -0.2) is 8.42 Å². The average Bonchev–Trinajstić information content (AvgIpc) is 2.84. The monoisotopic (exact) mass is 372 g/mol. The highest BCUT2D eigenvalue weighted by molar-refractivity contribution is 7.91. The Morgan fingerprint density at radius 1 is 1.25 bits per heavy atom. The van der Waals surface area contributed by atoms with Crippen LogP contribution in [-0.2, 0) is 26.0 Å². The minimum atomic E-state index is -3.09. The molecule has 8 heteroatoms. The van der Waals surface area contributed by atoms with E-state index in [1.165, 1.54) is 13.8 Å². The molecular formula is C16H21ClN2O4S. The van der Waals surface area contributed by atoms with Crippen molar-refractivity contribution in [3.8, 4) is 0 Å². The van der Waals surface area contributed by atoms with Crippen LogP contribution in [-0.4, -0.2) is 37.8 Å². The molecule has 2 rings (SSSR count). The lowest BCUT2D eigenvalue weighted by Gasteiger charge is -2.24. The highest BCUT2D eigenvalue weighted by Crippen LogP contribution is 2.20. The van der Waals surface area contributed by atoms with Gasteiger partial charge in [0.05, 0.1) is 11.5 Å². The number of nitrogens with one attached hydrogen (secondary N) is 2. The van der Waals surface area contributed by atoms with E-state index in [1.807, 2.05) is 6.07 Å². The quantitative estimate of drug-likeness (QED) is 0.761. The van der Waals surface area contributed by atoms with E-state index in [4.69, 9.17) is 11.6 Å². The standard InChI is InChI=1S/C16H21ClN2O4S/c1-16(2,15(21)19-12-7-8-24(22,23)10-12)14(20)18-9-11-5-3-4-6-13(11)17/h3-6,12H,7-10H2,1-2H3,(H,18,20)(H,19,21). The number of carbonyl (C=O) groups is 2. The predicted octanol–water partition coefficient (Wildman–Crippen LogP) is 1.29. The molecule has 0 aromatic heterocycles. The molecule has 1 aliphatic heterocycles. The number of rotatable bonds is 5. The summed E-state index contributed by atoms with van der Waals surface area (Å²) in [5.41, 5.74) is -0.557. The van der Waals surface area contributed by atoms with Crippen LogP contribution >= 0.6 is 11.6 Å². The number of hydrogen-bond acceptors (Lipinski definition) is 4. The van der Waals surface area contributed by atoms with E-state index in [0.29, 0.717) is 11.4 Å². The molecule has 1 atom stereocenters. The SMILES string of the molecule is CC(C)(C(=O)NCc1ccccc1Cl)C(=O)NC1CCS(=O)(=O)C1. The minimum Gasteiger partial charge on any atom is -0.351 e. The maximum Gasteiger partial charge on any atom is 0.235 e. The van der Waals surface area contributed by atoms with Crippen LogP contribution in [0.25, 0.3) is 0 Å². The summed E-state index contributed by atoms with van der Waals surface area (Å²) in [5.74, 6) is -0.935. The zero-order valence-corrected chi connectivity index (χ0v) is 15.2. The van der Waals surface area contributed by atoms with Gasteiger partial charge < -0.3 is 10.6 Å². The third-order valence-electron chi connectivity index (χ3n) is 4.10. The summed E-state index contributed by atoms with van der Waals surface area (Å²) in [6.07, 6.45) is 0.380. The van der Waals surface area contributed by atoms with Crippen LogP contribution in [0, 0.1) is 5.41 Å². The van der Waals surface area contributed by atoms with Gasteiger partial charge in [0.2, 0.25) is 11.8 Å². The second-order valence-electron chi connectivity index (χ2n) is 6.47. The maximum atomic E-state index is 12.4. The van der Waals surface area contributed by atoms with Crippen molar-refractivity contribution in [2.24, 2.45) is 5.41 Å². The van der Waals surface area contributed by atoms with Crippen molar-refractivity contribution in [1.29, 1.82) is 0 Å². The van der Waals surface area contributed by atoms with E-state index in [9.17, 15) is 18.0 Å². The first-order chi connectivity index (χ1) is 11.1. The molecule has 6 nitrogen and oxygen atoms in total. The van der Waals surface area contributed by atoms with Gasteiger partial charge in [-0.1, -0.05) is 29.8 Å². The first-order valence-electron chi connectivity index (χ1n) is 7.65. The highest BCUT2D eigenvalue weighted by atomic mass is 35.5. The summed E-state index contributed by atoms with van der Waals surface area (Å²) >= 11 is 6.04. The first-order valence-corrected chi connectivity index (χ1v) is 9.85. The van der Waals surface area contributed by atoms with Gasteiger partial charge in [-0.15, -0.1) is 0 Å². The Morgan fingerprint density at radius 2 is 1.92 bits per heavy atom. The second kappa shape index (κ2) is 7.11. The van der Waals surface area contributed by atoms with E-state index in [-0.39, 0.29) is 18.1 Å². The Balaban J connectivity index is 1.94. The Labute approximate surface area is 146 Å². The summed E-state index contributed by atoms with van der Waals surface area (Å²) < 4.78 is 22.9. The zero-order valence-electron chi connectivity index (χ0n) is 13.6. The van der Waals surface area contributed by atoms with Crippen molar-refractivity contribution in [3.05, 3.63) is 34.9 Å². The maximum absolute atomic E-state index is 12.4. The average molecular weight is 373 g/mol. The number of benzene rings is 1. The normalized spacial score (nSPS) is 19.7. The molecule has 132 valence electrons. The fourth-order valence-electron chi connectivity index (χ4n) is 2.42. The first kappa shape index (κ1) is 18.7. The van der Waals surface area contributed by atoms with Crippen molar-refractivity contribution in [3.63, 3.8) is 0 Å². The third kappa shape index (κ3) is 4.48. The Morgan fingerprint density at radius 3 is 2.50 bits per heavy atom. The molecule has 1 heterocycles. The third-order valence-corrected chi connectivity index (χ3v) is 6.24. The summed E-state index contributed by atoms with van der Waals surface area (Å²) in [7, 11) is -3.09. The Kier molecular flexibility index (Phi) is 5.55. The fourth-order valence-corrected chi connectivity index (χ4v) is 4.29. The Bertz CT molecular complexity index is 746. The summed E-state index contributed by atoms with van der Waals surface area (Å²) in [6, 6.07) is 6.69. The fraction of sp³-hybridized carbons (Fsp3) is 0.500. The minimum absolute atomic E-state index is 0.0665. The molecule has 0 spiro atoms. The van der Waals surface area contributed by atoms with Crippen molar-refractivity contribution >= 4 is 33.3 Å². The van der Waals surface area contributed by atoms with Gasteiger partial charge in [0.15, 0.2) is 9.84 Å². The van der Waals surface area contributed by atoms with Gasteiger partial charge in [0.25, 0.3) is 0 Å². The van der Waals surface area contributed by atoms with Crippen molar-refractivity contribution in [2.75, 3.05) is 11.5 Å². The summed E-state index contributed by atoms with van der Waals surface area (Å²) in [6.45, 7) is 3.23. The van der Waals surface area contributed by atoms with Crippen LogP contribution in [0.2, 0.25) is 5.02 Å². The zero-order chi connectivity index (χ0) is 18.0. The number of halogens is 1. The molecule has 24 heavy (non-hydrogen) atoms. The van der Waals surface area contributed by atoms with E-state index in [0.717, 1.165) is 5.56 Å². The topological polar surface area (TPSA) is 92.3 Å². The molecule has 1 saturated heterocycles. The van der Waals surface area contributed by atoms with E-state index in [1.54, 1.807) is 18.2 Å². The lowest BCUT2D eigenvalue weighted by atomic mass is 9.90. The summed E-state index contributed by atoms with van der Waals surface area (Å²) in [5, 5.41) is 5.90. The number of amides is 2. The van der Waals surface area contributed by atoms with Gasteiger partial charge in [-0.05, 0) is 31.9 Å². The second-order valence-corrected chi connectivity index (χ2v) is 9.11. The van der Waals surface area contributed by atoms with Crippen LogP contribution in [0.4, 0.5) is 0 Å². The number of hydrogen-bond donors (Lipinski definition) is 2. The molecule has 2 N–H and O–H groups in total. The van der Waals surface area contributed by atoms with Gasteiger partial charge in [0.1, 0.15) is 5.41 Å². The summed E-state index contributed by atoms with van der Waals surface area (Å²) in [4.78, 5) is 24.7. The van der Waals surface area contributed by atoms with Crippen LogP contribution in [0.5, 0.6) is 0 Å². The van der Waals surface area contributed by atoms with Gasteiger partial charge in [-0.3, -0.25) is 9.59 Å². The van der Waals surface area contributed by atoms with Gasteiger partial charge in [0, 0.05) is 17.6 Å². The predicted molar refractivity (Wildman–Crippen MR) is 92.3 cm³/mol. The van der Waals surface area contributed by atoms with Crippen LogP contribution < -0.4 is 10.6 Å². The lowest BCUT2D eigenvalue weighted by molar-refractivity contribution is -0.141. The van der Waals surface area contributed by atoms with Crippen LogP contribution in [0.1, 0.15) is 25.8 Å². The van der Waals surface area contributed by atoms with Crippen molar-refractivity contribution in [2.45, 2.75) is 32.9 Å². The van der Waals surface area contributed by atoms with Gasteiger partial charge in [-0.2, -0.15) is 0 Å². The molecule has 1 aromatic carbocycles. The molecule has 1 aromatic rings. The molecule has 0 radical (unpaired) electrons. The highest BCUT2D eigenvalue weighted by Gasteiger charge is 2.38. The number of carbonyl (C=O) groups excluding carboxylic acids is 2. The molecule has 0 saturated carbocycles. The smallest absolute Gasteiger partial charge is 0.235 e. The van der Waals surface area contributed by atoms with E-state index < -0.39 is 33.1 Å². The molecule has 2 amide bonds. The molecule has 1 unspecified atom stereocenters. The largest absolute Gasteiger partial charge is 0.351 e. The van der Waals surface area contributed by atoms with Gasteiger partial charge >= 0.3 is 0 Å². The van der Waals surface area contributed by atoms with Crippen molar-refractivity contribution in [1.82, 2.24) is 10.6 Å². The van der Waals surface area contributed by atoms with Crippen LogP contribution in [0.15, 0.2) is 24.3 Å². The van der Waals surface area contributed by atoms with E-state index >= 15 is 0 Å². The molecular weight excluding hydrogens is 352 g/mol. The van der Waals surface area contributed by atoms with E-state index in [2.05, 4.69) is 10.6 Å². The molecule has 0 bridgehead atoms. The molecule has 0 aliphatic carbocycles. The Hall–Kier alpha value is -1.60. The molecule has 1 aliphatic rings. The lowest BCUT2D eigenvalue weighted by Crippen LogP contribution is -2.50. The van der Waals surface area contributed by atoms with Crippen LogP contribution in [0.3, 0.4) is 0 Å². The van der Waals surface area contributed by atoms with Crippen molar-refractivity contribution < 1.29 is 18.0 Å². The molecule has 1 fully saturated rings. The number of sulfone groups is 1.